The highest BCUT2D eigenvalue weighted by Gasteiger charge is 2.10. The first-order valence-corrected chi connectivity index (χ1v) is 4.29. The minimum absolute atomic E-state index is 0.0813. The van der Waals surface area contributed by atoms with E-state index in [0.717, 1.165) is 0 Å². The number of urea groups is 1. The highest BCUT2D eigenvalue weighted by molar-refractivity contribution is 5.71. The number of rotatable bonds is 4. The zero-order valence-electron chi connectivity index (χ0n) is 8.06. The summed E-state index contributed by atoms with van der Waals surface area (Å²) in [6.07, 6.45) is 0. The summed E-state index contributed by atoms with van der Waals surface area (Å²) in [7, 11) is 0. The zero-order valence-corrected chi connectivity index (χ0v) is 8.06. The van der Waals surface area contributed by atoms with Gasteiger partial charge in [0.25, 0.3) is 5.95 Å². The Morgan fingerprint density at radius 1 is 1.31 bits per heavy atom. The largest absolute Gasteiger partial charge is 0.366 e. The van der Waals surface area contributed by atoms with Gasteiger partial charge in [-0.15, -0.1) is 0 Å². The Bertz CT molecular complexity index is 399. The van der Waals surface area contributed by atoms with E-state index >= 15 is 0 Å². The van der Waals surface area contributed by atoms with Crippen LogP contribution in [0.25, 0.3) is 0 Å². The lowest BCUT2D eigenvalue weighted by molar-refractivity contribution is 0.249. The Hall–Kier alpha value is -1.99. The van der Waals surface area contributed by atoms with Crippen LogP contribution in [-0.2, 0) is 0 Å². The normalized spacial score (nSPS) is 9.94. The van der Waals surface area contributed by atoms with Crippen molar-refractivity contribution in [2.45, 2.75) is 0 Å². The van der Waals surface area contributed by atoms with Gasteiger partial charge < -0.3 is 16.4 Å². The molecule has 0 aliphatic heterocycles. The first-order valence-electron chi connectivity index (χ1n) is 4.29. The van der Waals surface area contributed by atoms with Gasteiger partial charge in [0.15, 0.2) is 17.5 Å². The van der Waals surface area contributed by atoms with Crippen LogP contribution in [-0.4, -0.2) is 24.1 Å². The van der Waals surface area contributed by atoms with Crippen molar-refractivity contribution in [2.24, 2.45) is 5.73 Å². The molecular weight excluding hydrogens is 225 g/mol. The van der Waals surface area contributed by atoms with Gasteiger partial charge in [0.1, 0.15) is 0 Å². The number of carbonyl (C=O) groups is 1. The molecule has 0 bridgehead atoms. The quantitative estimate of drug-likeness (QED) is 0.526. The molecule has 0 atom stereocenters. The van der Waals surface area contributed by atoms with Crippen molar-refractivity contribution in [1.82, 2.24) is 10.3 Å². The topological polar surface area (TPSA) is 80.0 Å². The van der Waals surface area contributed by atoms with Crippen LogP contribution in [0.4, 0.5) is 23.8 Å². The van der Waals surface area contributed by atoms with E-state index in [4.69, 9.17) is 5.73 Å². The molecule has 0 aliphatic carbocycles. The number of nitrogens with one attached hydrogen (secondary N) is 2. The average Bonchev–Trinajstić information content (AvgIpc) is 2.19. The predicted octanol–water partition coefficient (Wildman–Crippen LogP) is 0.579. The summed E-state index contributed by atoms with van der Waals surface area (Å²) in [5.74, 6) is -4.20. The third-order valence-corrected chi connectivity index (χ3v) is 1.60. The van der Waals surface area contributed by atoms with Crippen LogP contribution >= 0.6 is 0 Å². The van der Waals surface area contributed by atoms with Gasteiger partial charge in [-0.25, -0.2) is 13.6 Å². The zero-order chi connectivity index (χ0) is 12.1. The Kier molecular flexibility index (Phi) is 3.92. The molecule has 1 heterocycles. The van der Waals surface area contributed by atoms with Crippen molar-refractivity contribution in [3.63, 3.8) is 0 Å². The van der Waals surface area contributed by atoms with E-state index in [0.29, 0.717) is 6.07 Å². The first kappa shape index (κ1) is 12.1. The van der Waals surface area contributed by atoms with E-state index in [1.165, 1.54) is 0 Å². The second-order valence-electron chi connectivity index (χ2n) is 2.81. The monoisotopic (exact) mass is 234 g/mol. The van der Waals surface area contributed by atoms with Crippen molar-refractivity contribution in [3.05, 3.63) is 23.6 Å². The second-order valence-corrected chi connectivity index (χ2v) is 2.81. The van der Waals surface area contributed by atoms with Crippen molar-refractivity contribution < 1.29 is 18.0 Å². The lowest BCUT2D eigenvalue weighted by Crippen LogP contribution is -2.33. The maximum absolute atomic E-state index is 13.0. The minimum Gasteiger partial charge on any atom is -0.366 e. The molecule has 5 nitrogen and oxygen atoms in total. The maximum atomic E-state index is 13.0. The molecule has 0 aliphatic rings. The van der Waals surface area contributed by atoms with E-state index in [2.05, 4.69) is 15.6 Å². The number of hydrogen-bond acceptors (Lipinski definition) is 3. The fraction of sp³-hybridized carbons (Fsp3) is 0.250. The molecule has 88 valence electrons. The summed E-state index contributed by atoms with van der Waals surface area (Å²) < 4.78 is 38.1. The Balaban J connectivity index is 2.54. The second kappa shape index (κ2) is 5.19. The highest BCUT2D eigenvalue weighted by Crippen LogP contribution is 2.13. The van der Waals surface area contributed by atoms with Crippen molar-refractivity contribution >= 4 is 11.8 Å². The summed E-state index contributed by atoms with van der Waals surface area (Å²) in [6, 6.07) is -0.355. The number of anilines is 1. The highest BCUT2D eigenvalue weighted by atomic mass is 19.2. The molecule has 2 amide bonds. The molecule has 1 rings (SSSR count). The smallest absolute Gasteiger partial charge is 0.312 e. The number of aromatic nitrogens is 1. The standard InChI is InChI=1S/C8H9F3N4O/c9-4-3-5(10)7(15-6(4)11)13-1-2-14-8(12)16/h3H,1-2H2,(H,13,15)(H3,12,14,16). The molecule has 0 saturated carbocycles. The average molecular weight is 234 g/mol. The van der Waals surface area contributed by atoms with Gasteiger partial charge in [-0.3, -0.25) is 0 Å². The van der Waals surface area contributed by atoms with E-state index in [1.54, 1.807) is 0 Å². The van der Waals surface area contributed by atoms with Crippen molar-refractivity contribution in [1.29, 1.82) is 0 Å². The minimum atomic E-state index is -1.40. The number of pyridine rings is 1. The third kappa shape index (κ3) is 3.30. The third-order valence-electron chi connectivity index (χ3n) is 1.60. The summed E-state index contributed by atoms with van der Waals surface area (Å²) >= 11 is 0. The lowest BCUT2D eigenvalue weighted by Gasteiger charge is -2.06. The molecule has 4 N–H and O–H groups in total. The fourth-order valence-corrected chi connectivity index (χ4v) is 0.935. The van der Waals surface area contributed by atoms with E-state index in [1.807, 2.05) is 0 Å². The van der Waals surface area contributed by atoms with Crippen LogP contribution in [0.5, 0.6) is 0 Å². The fourth-order valence-electron chi connectivity index (χ4n) is 0.935. The Labute approximate surface area is 88.8 Å². The molecule has 0 aromatic carbocycles. The van der Waals surface area contributed by atoms with Crippen LogP contribution in [0.3, 0.4) is 0 Å². The molecular formula is C8H9F3N4O. The van der Waals surface area contributed by atoms with Gasteiger partial charge in [-0.1, -0.05) is 0 Å². The molecule has 1 aromatic rings. The molecule has 8 heteroatoms. The number of halogens is 3. The Morgan fingerprint density at radius 3 is 2.62 bits per heavy atom. The molecule has 0 fully saturated rings. The predicted molar refractivity (Wildman–Crippen MR) is 50.2 cm³/mol. The van der Waals surface area contributed by atoms with E-state index in [9.17, 15) is 18.0 Å². The van der Waals surface area contributed by atoms with E-state index < -0.39 is 29.4 Å². The number of carbonyl (C=O) groups excluding carboxylic acids is 1. The van der Waals surface area contributed by atoms with Crippen LogP contribution in [0.2, 0.25) is 0 Å². The van der Waals surface area contributed by atoms with Crippen LogP contribution < -0.4 is 16.4 Å². The van der Waals surface area contributed by atoms with Gasteiger partial charge in [0.05, 0.1) is 0 Å². The summed E-state index contributed by atoms with van der Waals surface area (Å²) in [5, 5.41) is 4.59. The molecule has 0 spiro atoms. The lowest BCUT2D eigenvalue weighted by atomic mass is 10.4. The SMILES string of the molecule is NC(=O)NCCNc1nc(F)c(F)cc1F. The summed E-state index contributed by atoms with van der Waals surface area (Å²) in [5.41, 5.74) is 4.77. The van der Waals surface area contributed by atoms with Crippen LogP contribution in [0.15, 0.2) is 6.07 Å². The van der Waals surface area contributed by atoms with Crippen LogP contribution in [0, 0.1) is 17.6 Å². The number of nitrogens with zero attached hydrogens (tertiary/aromatic N) is 1. The number of nitrogens with two attached hydrogens (primary N) is 1. The van der Waals surface area contributed by atoms with Gasteiger partial charge >= 0.3 is 6.03 Å². The molecule has 1 aromatic heterocycles. The number of primary amides is 1. The first-order chi connectivity index (χ1) is 7.50. The molecule has 0 radical (unpaired) electrons. The molecule has 16 heavy (non-hydrogen) atoms. The summed E-state index contributed by atoms with van der Waals surface area (Å²) in [4.78, 5) is 13.3. The molecule has 0 unspecified atom stereocenters. The Morgan fingerprint density at radius 2 is 2.00 bits per heavy atom. The van der Waals surface area contributed by atoms with Crippen LogP contribution in [0.1, 0.15) is 0 Å². The van der Waals surface area contributed by atoms with Crippen molar-refractivity contribution in [3.8, 4) is 0 Å². The number of hydrogen-bond donors (Lipinski definition) is 3. The van der Waals surface area contributed by atoms with E-state index in [-0.39, 0.29) is 13.1 Å². The number of amides is 2. The van der Waals surface area contributed by atoms with Gasteiger partial charge in [-0.2, -0.15) is 9.37 Å². The van der Waals surface area contributed by atoms with Gasteiger partial charge in [0, 0.05) is 19.2 Å². The molecule has 0 saturated heterocycles. The maximum Gasteiger partial charge on any atom is 0.312 e. The van der Waals surface area contributed by atoms with Crippen molar-refractivity contribution in [2.75, 3.05) is 18.4 Å². The summed E-state index contributed by atoms with van der Waals surface area (Å²) in [6.45, 7) is 0.188. The van der Waals surface area contributed by atoms with Gasteiger partial charge in [-0.05, 0) is 0 Å². The van der Waals surface area contributed by atoms with Gasteiger partial charge in [0.2, 0.25) is 0 Å².